The minimum Gasteiger partial charge on any atom is -0.311 e. The Balaban J connectivity index is 1.36. The van der Waals surface area contributed by atoms with Crippen molar-refractivity contribution in [3.8, 4) is 0 Å². The Hall–Kier alpha value is -2.14. The Bertz CT molecular complexity index is 746. The summed E-state index contributed by atoms with van der Waals surface area (Å²) in [6.07, 6.45) is 6.22. The van der Waals surface area contributed by atoms with E-state index in [1.807, 2.05) is 28.9 Å². The molecular formula is C20H26N4O. The van der Waals surface area contributed by atoms with Crippen molar-refractivity contribution in [1.29, 1.82) is 0 Å². The highest BCUT2D eigenvalue weighted by molar-refractivity contribution is 5.95. The van der Waals surface area contributed by atoms with E-state index in [-0.39, 0.29) is 5.91 Å². The lowest BCUT2D eigenvalue weighted by Gasteiger charge is -2.35. The van der Waals surface area contributed by atoms with Crippen LogP contribution in [0.15, 0.2) is 36.5 Å². The number of likely N-dealkylation sites (tertiary alicyclic amines) is 1. The van der Waals surface area contributed by atoms with Crippen molar-refractivity contribution in [2.24, 2.45) is 7.05 Å². The van der Waals surface area contributed by atoms with Gasteiger partial charge in [-0.1, -0.05) is 18.2 Å². The summed E-state index contributed by atoms with van der Waals surface area (Å²) >= 11 is 0. The van der Waals surface area contributed by atoms with E-state index in [9.17, 15) is 4.79 Å². The highest BCUT2D eigenvalue weighted by Crippen LogP contribution is 2.29. The van der Waals surface area contributed by atoms with Crippen molar-refractivity contribution in [2.75, 3.05) is 31.1 Å². The lowest BCUT2D eigenvalue weighted by molar-refractivity contribution is -0.120. The Morgan fingerprint density at radius 1 is 1.16 bits per heavy atom. The number of anilines is 1. The molecule has 1 amide bonds. The third-order valence-electron chi connectivity index (χ3n) is 5.63. The van der Waals surface area contributed by atoms with Gasteiger partial charge >= 0.3 is 0 Å². The monoisotopic (exact) mass is 338 g/mol. The average molecular weight is 338 g/mol. The molecule has 0 spiro atoms. The first-order valence-electron chi connectivity index (χ1n) is 9.31. The van der Waals surface area contributed by atoms with Gasteiger partial charge in [0.05, 0.1) is 6.54 Å². The van der Waals surface area contributed by atoms with Crippen LogP contribution in [-0.4, -0.2) is 46.8 Å². The number of para-hydroxylation sites is 1. The van der Waals surface area contributed by atoms with Crippen LogP contribution in [0.4, 0.5) is 5.69 Å². The summed E-state index contributed by atoms with van der Waals surface area (Å²) in [6, 6.07) is 10.4. The normalized spacial score (nSPS) is 19.0. The maximum Gasteiger partial charge on any atom is 0.241 e. The predicted molar refractivity (Wildman–Crippen MR) is 98.7 cm³/mol. The number of piperidine rings is 1. The number of carbonyl (C=O) groups excluding carboxylic acids is 1. The molecule has 1 saturated heterocycles. The van der Waals surface area contributed by atoms with E-state index in [4.69, 9.17) is 0 Å². The molecule has 4 rings (SSSR count). The van der Waals surface area contributed by atoms with Crippen LogP contribution in [0.2, 0.25) is 0 Å². The molecule has 1 aromatic carbocycles. The van der Waals surface area contributed by atoms with E-state index < -0.39 is 0 Å². The Kier molecular flexibility index (Phi) is 4.57. The van der Waals surface area contributed by atoms with Crippen LogP contribution in [-0.2, 0) is 18.3 Å². The molecule has 1 aromatic heterocycles. The number of benzene rings is 1. The smallest absolute Gasteiger partial charge is 0.241 e. The maximum absolute atomic E-state index is 12.9. The van der Waals surface area contributed by atoms with Gasteiger partial charge in [0, 0.05) is 37.1 Å². The Morgan fingerprint density at radius 3 is 2.72 bits per heavy atom. The van der Waals surface area contributed by atoms with Gasteiger partial charge in [0.25, 0.3) is 0 Å². The molecular weight excluding hydrogens is 312 g/mol. The number of fused-ring (bicyclic) bond motifs is 1. The van der Waals surface area contributed by atoms with Gasteiger partial charge in [0.15, 0.2) is 0 Å². The van der Waals surface area contributed by atoms with Gasteiger partial charge in [0.2, 0.25) is 5.91 Å². The molecule has 1 fully saturated rings. The zero-order valence-electron chi connectivity index (χ0n) is 14.9. The van der Waals surface area contributed by atoms with Gasteiger partial charge in [-0.2, -0.15) is 5.10 Å². The van der Waals surface area contributed by atoms with Gasteiger partial charge in [0.1, 0.15) is 0 Å². The molecule has 0 unspecified atom stereocenters. The van der Waals surface area contributed by atoms with E-state index >= 15 is 0 Å². The summed E-state index contributed by atoms with van der Waals surface area (Å²) in [5.41, 5.74) is 3.73. The van der Waals surface area contributed by atoms with Gasteiger partial charge < -0.3 is 4.90 Å². The SMILES string of the molecule is Cn1nccc1C1CCN(CC(=O)N2CCCc3ccccc32)CC1. The fourth-order valence-electron chi connectivity index (χ4n) is 4.24. The van der Waals surface area contributed by atoms with Crippen molar-refractivity contribution >= 4 is 11.6 Å². The highest BCUT2D eigenvalue weighted by Gasteiger charge is 2.27. The molecule has 0 saturated carbocycles. The third-order valence-corrected chi connectivity index (χ3v) is 5.63. The standard InChI is InChI=1S/C20H26N4O/c1-22-18(8-11-21-22)17-9-13-23(14-10-17)15-20(25)24-12-4-6-16-5-2-3-7-19(16)24/h2-3,5,7-8,11,17H,4,6,9-10,12-15H2,1H3. The summed E-state index contributed by atoms with van der Waals surface area (Å²) in [5.74, 6) is 0.806. The molecule has 0 N–H and O–H groups in total. The molecule has 2 aliphatic heterocycles. The lowest BCUT2D eigenvalue weighted by Crippen LogP contribution is -2.45. The second kappa shape index (κ2) is 7.00. The molecule has 0 aliphatic carbocycles. The summed E-state index contributed by atoms with van der Waals surface area (Å²) in [6.45, 7) is 3.35. The van der Waals surface area contributed by atoms with Crippen molar-refractivity contribution in [3.05, 3.63) is 47.8 Å². The van der Waals surface area contributed by atoms with Crippen LogP contribution < -0.4 is 4.90 Å². The summed E-state index contributed by atoms with van der Waals surface area (Å²) in [7, 11) is 2.01. The fraction of sp³-hybridized carbons (Fsp3) is 0.500. The van der Waals surface area contributed by atoms with Crippen LogP contribution in [0.3, 0.4) is 0 Å². The number of carbonyl (C=O) groups is 1. The molecule has 2 aromatic rings. The number of amides is 1. The highest BCUT2D eigenvalue weighted by atomic mass is 16.2. The first kappa shape index (κ1) is 16.3. The largest absolute Gasteiger partial charge is 0.311 e. The van der Waals surface area contributed by atoms with Gasteiger partial charge in [-0.05, 0) is 56.5 Å². The fourth-order valence-corrected chi connectivity index (χ4v) is 4.24. The first-order chi connectivity index (χ1) is 12.2. The molecule has 0 radical (unpaired) electrons. The van der Waals surface area contributed by atoms with E-state index in [1.165, 1.54) is 11.3 Å². The van der Waals surface area contributed by atoms with Crippen LogP contribution in [0, 0.1) is 0 Å². The van der Waals surface area contributed by atoms with Crippen molar-refractivity contribution in [1.82, 2.24) is 14.7 Å². The van der Waals surface area contributed by atoms with Gasteiger partial charge in [-0.15, -0.1) is 0 Å². The van der Waals surface area contributed by atoms with Crippen LogP contribution >= 0.6 is 0 Å². The van der Waals surface area contributed by atoms with E-state index in [2.05, 4.69) is 34.3 Å². The summed E-state index contributed by atoms with van der Waals surface area (Å²) in [4.78, 5) is 17.2. The zero-order valence-corrected chi connectivity index (χ0v) is 14.9. The second-order valence-electron chi connectivity index (χ2n) is 7.21. The van der Waals surface area contributed by atoms with E-state index in [1.54, 1.807) is 0 Å². The van der Waals surface area contributed by atoms with Crippen LogP contribution in [0.25, 0.3) is 0 Å². The van der Waals surface area contributed by atoms with E-state index in [0.29, 0.717) is 12.5 Å². The lowest BCUT2D eigenvalue weighted by atomic mass is 9.93. The predicted octanol–water partition coefficient (Wildman–Crippen LogP) is 2.58. The number of aromatic nitrogens is 2. The topological polar surface area (TPSA) is 41.4 Å². The number of hydrogen-bond donors (Lipinski definition) is 0. The minimum absolute atomic E-state index is 0.242. The quantitative estimate of drug-likeness (QED) is 0.864. The maximum atomic E-state index is 12.9. The van der Waals surface area contributed by atoms with Crippen molar-refractivity contribution < 1.29 is 4.79 Å². The number of rotatable bonds is 3. The molecule has 5 heteroatoms. The molecule has 5 nitrogen and oxygen atoms in total. The van der Waals surface area contributed by atoms with Gasteiger partial charge in [-0.25, -0.2) is 0 Å². The van der Waals surface area contributed by atoms with E-state index in [0.717, 1.165) is 51.0 Å². The minimum atomic E-state index is 0.242. The molecule has 2 aliphatic rings. The van der Waals surface area contributed by atoms with Crippen LogP contribution in [0.5, 0.6) is 0 Å². The Labute approximate surface area is 149 Å². The molecule has 25 heavy (non-hydrogen) atoms. The Morgan fingerprint density at radius 2 is 1.96 bits per heavy atom. The number of nitrogens with zero attached hydrogens (tertiary/aromatic N) is 4. The molecule has 3 heterocycles. The average Bonchev–Trinajstić information content (AvgIpc) is 3.08. The van der Waals surface area contributed by atoms with Crippen molar-refractivity contribution in [2.45, 2.75) is 31.6 Å². The van der Waals surface area contributed by atoms with Gasteiger partial charge in [-0.3, -0.25) is 14.4 Å². The molecule has 0 bridgehead atoms. The third kappa shape index (κ3) is 3.33. The van der Waals surface area contributed by atoms with Crippen LogP contribution in [0.1, 0.15) is 36.4 Å². The number of aryl methyl sites for hydroxylation is 2. The first-order valence-corrected chi connectivity index (χ1v) is 9.31. The molecule has 132 valence electrons. The zero-order chi connectivity index (χ0) is 17.2. The van der Waals surface area contributed by atoms with Crippen molar-refractivity contribution in [3.63, 3.8) is 0 Å². The number of hydrogen-bond acceptors (Lipinski definition) is 3. The second-order valence-corrected chi connectivity index (χ2v) is 7.21. The summed E-state index contributed by atoms with van der Waals surface area (Å²) in [5, 5.41) is 4.28. The molecule has 0 atom stereocenters. The summed E-state index contributed by atoms with van der Waals surface area (Å²) < 4.78 is 1.98.